The van der Waals surface area contributed by atoms with E-state index in [0.29, 0.717) is 48.7 Å². The SMILES string of the molecule is CCCCCOC(=O)Nc1cccc(Nc2ncc(Br)c(NCCCCCCNC(=O)c3cccn(Cc4cccc(Cl)c4)c3=O)n2)c1. The third-order valence-electron chi connectivity index (χ3n) is 7.28. The van der Waals surface area contributed by atoms with Gasteiger partial charge in [-0.05, 0) is 83.2 Å². The minimum absolute atomic E-state index is 0.121. The summed E-state index contributed by atoms with van der Waals surface area (Å²) in [5, 5.41) is 12.7. The molecule has 4 aromatic rings. The van der Waals surface area contributed by atoms with Gasteiger partial charge in [-0.1, -0.05) is 62.4 Å². The second kappa shape index (κ2) is 19.4. The number of carbonyl (C=O) groups is 2. The van der Waals surface area contributed by atoms with Gasteiger partial charge in [0.25, 0.3) is 11.5 Å². The average Bonchev–Trinajstić information content (AvgIpc) is 3.07. The Morgan fingerprint density at radius 3 is 2.54 bits per heavy atom. The summed E-state index contributed by atoms with van der Waals surface area (Å²) < 4.78 is 7.47. The fourth-order valence-corrected chi connectivity index (χ4v) is 5.34. The number of ether oxygens (including phenoxy) is 1. The standard InChI is InChI=1S/C35H41BrClN7O4/c1-2-3-8-20-48-35(47)42-28-15-10-14-27(22-28)41-34-40-23-30(36)31(43-34)38-17-6-4-5-7-18-39-32(45)29-16-11-19-44(33(29)46)24-25-12-9-13-26(37)21-25/h9-16,19,21-23H,2-8,17-18,20,24H2,1H3,(H,39,45)(H,42,47)(H2,38,40,41,43). The number of unbranched alkanes of at least 4 members (excludes halogenated alkanes) is 5. The summed E-state index contributed by atoms with van der Waals surface area (Å²) in [6, 6.07) is 17.8. The van der Waals surface area contributed by atoms with E-state index >= 15 is 0 Å². The van der Waals surface area contributed by atoms with Crippen LogP contribution in [0.15, 0.2) is 82.3 Å². The summed E-state index contributed by atoms with van der Waals surface area (Å²) >= 11 is 9.57. The van der Waals surface area contributed by atoms with Crippen molar-refractivity contribution in [3.63, 3.8) is 0 Å². The number of benzene rings is 2. The number of pyridine rings is 1. The van der Waals surface area contributed by atoms with Crippen LogP contribution in [0.25, 0.3) is 0 Å². The highest BCUT2D eigenvalue weighted by molar-refractivity contribution is 9.10. The Morgan fingerprint density at radius 2 is 1.73 bits per heavy atom. The van der Waals surface area contributed by atoms with Gasteiger partial charge in [-0.15, -0.1) is 0 Å². The van der Waals surface area contributed by atoms with Crippen molar-refractivity contribution in [3.05, 3.63) is 104 Å². The van der Waals surface area contributed by atoms with Gasteiger partial charge in [0.15, 0.2) is 0 Å². The quantitative estimate of drug-likeness (QED) is 0.0754. The number of aromatic nitrogens is 3. The van der Waals surface area contributed by atoms with Gasteiger partial charge in [0.1, 0.15) is 11.4 Å². The van der Waals surface area contributed by atoms with Gasteiger partial charge in [0.2, 0.25) is 5.95 Å². The molecule has 0 aliphatic rings. The first kappa shape index (κ1) is 36.4. The Balaban J connectivity index is 1.15. The number of anilines is 4. The summed E-state index contributed by atoms with van der Waals surface area (Å²) in [5.41, 5.74) is 1.98. The van der Waals surface area contributed by atoms with Gasteiger partial charge >= 0.3 is 6.09 Å². The van der Waals surface area contributed by atoms with Crippen molar-refractivity contribution in [2.45, 2.75) is 58.4 Å². The van der Waals surface area contributed by atoms with E-state index < -0.39 is 6.09 Å². The summed E-state index contributed by atoms with van der Waals surface area (Å²) in [6.07, 6.45) is 9.36. The largest absolute Gasteiger partial charge is 0.449 e. The minimum atomic E-state index is -0.483. The second-order valence-electron chi connectivity index (χ2n) is 11.1. The molecule has 0 saturated heterocycles. The molecule has 2 aromatic heterocycles. The van der Waals surface area contributed by atoms with E-state index in [-0.39, 0.29) is 17.0 Å². The Labute approximate surface area is 294 Å². The predicted octanol–water partition coefficient (Wildman–Crippen LogP) is 7.99. The number of nitrogens with one attached hydrogen (secondary N) is 4. The van der Waals surface area contributed by atoms with Crippen LogP contribution >= 0.6 is 27.5 Å². The van der Waals surface area contributed by atoms with Crippen molar-refractivity contribution in [3.8, 4) is 0 Å². The summed E-state index contributed by atoms with van der Waals surface area (Å²) in [6.45, 7) is 4.02. The van der Waals surface area contributed by atoms with Crippen LogP contribution in [0, 0.1) is 0 Å². The fourth-order valence-electron chi connectivity index (χ4n) is 4.80. The molecule has 0 unspecified atom stereocenters. The highest BCUT2D eigenvalue weighted by atomic mass is 79.9. The predicted molar refractivity (Wildman–Crippen MR) is 194 cm³/mol. The molecule has 2 amide bonds. The Morgan fingerprint density at radius 1 is 0.938 bits per heavy atom. The third-order valence-corrected chi connectivity index (χ3v) is 8.09. The fraction of sp³-hybridized carbons (Fsp3) is 0.343. The molecule has 0 bridgehead atoms. The highest BCUT2D eigenvalue weighted by Gasteiger charge is 2.12. The molecular weight excluding hydrogens is 698 g/mol. The maximum Gasteiger partial charge on any atom is 0.411 e. The van der Waals surface area contributed by atoms with Crippen molar-refractivity contribution < 1.29 is 14.3 Å². The first-order valence-corrected chi connectivity index (χ1v) is 17.3. The molecule has 2 heterocycles. The molecule has 0 radical (unpaired) electrons. The van der Waals surface area contributed by atoms with Crippen molar-refractivity contribution in [2.75, 3.05) is 35.6 Å². The molecule has 0 aliphatic carbocycles. The van der Waals surface area contributed by atoms with Crippen LogP contribution in [0.1, 0.15) is 67.8 Å². The molecule has 4 rings (SSSR count). The van der Waals surface area contributed by atoms with E-state index in [0.717, 1.165) is 60.7 Å². The van der Waals surface area contributed by atoms with Crippen molar-refractivity contribution >= 4 is 62.7 Å². The van der Waals surface area contributed by atoms with Gasteiger partial charge in [0, 0.05) is 41.9 Å². The number of carbonyl (C=O) groups excluding carboxylic acids is 2. The van der Waals surface area contributed by atoms with Crippen LogP contribution in [0.4, 0.5) is 27.9 Å². The summed E-state index contributed by atoms with van der Waals surface area (Å²) in [7, 11) is 0. The number of hydrogen-bond donors (Lipinski definition) is 4. The first-order valence-electron chi connectivity index (χ1n) is 16.1. The van der Waals surface area contributed by atoms with Gasteiger partial charge < -0.3 is 25.3 Å². The van der Waals surface area contributed by atoms with Crippen LogP contribution in [0.2, 0.25) is 5.02 Å². The van der Waals surface area contributed by atoms with E-state index in [2.05, 4.69) is 54.1 Å². The van der Waals surface area contributed by atoms with Crippen LogP contribution in [-0.2, 0) is 11.3 Å². The van der Waals surface area contributed by atoms with E-state index in [1.54, 1.807) is 48.8 Å². The number of rotatable bonds is 18. The van der Waals surface area contributed by atoms with E-state index in [4.69, 9.17) is 16.3 Å². The van der Waals surface area contributed by atoms with Crippen LogP contribution < -0.4 is 26.8 Å². The third kappa shape index (κ3) is 12.0. The highest BCUT2D eigenvalue weighted by Crippen LogP contribution is 2.23. The van der Waals surface area contributed by atoms with Gasteiger partial charge in [-0.2, -0.15) is 4.98 Å². The van der Waals surface area contributed by atoms with Crippen LogP contribution in [-0.4, -0.2) is 46.2 Å². The molecule has 2 aromatic carbocycles. The lowest BCUT2D eigenvalue weighted by molar-refractivity contribution is 0.0950. The van der Waals surface area contributed by atoms with Gasteiger partial charge in [-0.25, -0.2) is 9.78 Å². The lowest BCUT2D eigenvalue weighted by Gasteiger charge is -2.12. The van der Waals surface area contributed by atoms with Gasteiger partial charge in [0.05, 0.1) is 17.6 Å². The van der Waals surface area contributed by atoms with Crippen molar-refractivity contribution in [2.24, 2.45) is 0 Å². The molecule has 0 fully saturated rings. The molecule has 4 N–H and O–H groups in total. The van der Waals surface area contributed by atoms with Crippen LogP contribution in [0.3, 0.4) is 0 Å². The molecule has 13 heteroatoms. The zero-order chi connectivity index (χ0) is 34.1. The number of amides is 2. The van der Waals surface area contributed by atoms with E-state index in [1.807, 2.05) is 24.3 Å². The molecule has 0 saturated carbocycles. The maximum absolute atomic E-state index is 12.9. The minimum Gasteiger partial charge on any atom is -0.449 e. The van der Waals surface area contributed by atoms with E-state index in [1.165, 1.54) is 4.57 Å². The summed E-state index contributed by atoms with van der Waals surface area (Å²) in [4.78, 5) is 46.6. The maximum atomic E-state index is 12.9. The monoisotopic (exact) mass is 737 g/mol. The lowest BCUT2D eigenvalue weighted by Crippen LogP contribution is -2.33. The van der Waals surface area contributed by atoms with Gasteiger partial charge in [-0.3, -0.25) is 14.9 Å². The van der Waals surface area contributed by atoms with Crippen molar-refractivity contribution in [1.82, 2.24) is 19.9 Å². The van der Waals surface area contributed by atoms with Crippen LogP contribution in [0.5, 0.6) is 0 Å². The topological polar surface area (TPSA) is 139 Å². The zero-order valence-corrected chi connectivity index (χ0v) is 29.3. The summed E-state index contributed by atoms with van der Waals surface area (Å²) in [5.74, 6) is 0.697. The Kier molecular flexibility index (Phi) is 14.7. The zero-order valence-electron chi connectivity index (χ0n) is 26.9. The normalized spacial score (nSPS) is 10.7. The molecule has 0 aliphatic heterocycles. The molecular formula is C35H41BrClN7O4. The lowest BCUT2D eigenvalue weighted by atomic mass is 10.2. The van der Waals surface area contributed by atoms with Crippen molar-refractivity contribution in [1.29, 1.82) is 0 Å². The number of nitrogens with zero attached hydrogens (tertiary/aromatic N) is 3. The molecule has 0 atom stereocenters. The Hall–Kier alpha value is -4.42. The molecule has 254 valence electrons. The van der Waals surface area contributed by atoms with E-state index in [9.17, 15) is 14.4 Å². The molecule has 0 spiro atoms. The number of halogens is 2. The Bertz CT molecular complexity index is 1720. The molecule has 48 heavy (non-hydrogen) atoms. The molecule has 11 nitrogen and oxygen atoms in total. The first-order chi connectivity index (χ1) is 23.3. The number of hydrogen-bond acceptors (Lipinski definition) is 8. The smallest absolute Gasteiger partial charge is 0.411 e. The second-order valence-corrected chi connectivity index (χ2v) is 12.4. The average molecular weight is 739 g/mol.